The molecule has 28 heavy (non-hydrogen) atoms. The monoisotopic (exact) mass is 512 g/mol. The van der Waals surface area contributed by atoms with Crippen LogP contribution in [0.5, 0.6) is 5.75 Å². The first-order valence-corrected chi connectivity index (χ1v) is 9.33. The number of carboxylic acids is 1. The van der Waals surface area contributed by atoms with Gasteiger partial charge in [0.25, 0.3) is 5.69 Å². The van der Waals surface area contributed by atoms with Crippen LogP contribution >= 0.6 is 31.9 Å². The molecule has 146 valence electrons. The van der Waals surface area contributed by atoms with Gasteiger partial charge in [0.05, 0.1) is 13.9 Å². The molecule has 0 bridgehead atoms. The summed E-state index contributed by atoms with van der Waals surface area (Å²) in [6.07, 6.45) is 1.31. The van der Waals surface area contributed by atoms with Gasteiger partial charge in [0.1, 0.15) is 18.1 Å². The minimum atomic E-state index is -1.27. The van der Waals surface area contributed by atoms with Crippen molar-refractivity contribution in [2.24, 2.45) is 0 Å². The Morgan fingerprint density at radius 3 is 2.43 bits per heavy atom. The van der Waals surface area contributed by atoms with Gasteiger partial charge >= 0.3 is 5.97 Å². The van der Waals surface area contributed by atoms with Crippen LogP contribution in [0.15, 0.2) is 51.0 Å². The summed E-state index contributed by atoms with van der Waals surface area (Å²) in [5.74, 6) is -1.32. The predicted octanol–water partition coefficient (Wildman–Crippen LogP) is 4.26. The first-order valence-electron chi connectivity index (χ1n) is 7.75. The molecule has 0 spiro atoms. The summed E-state index contributed by atoms with van der Waals surface area (Å²) in [6.45, 7) is 1.31. The maximum Gasteiger partial charge on any atom is 0.352 e. The number of non-ortho nitro benzene ring substituents is 1. The van der Waals surface area contributed by atoms with E-state index in [1.54, 1.807) is 24.3 Å². The smallest absolute Gasteiger partial charge is 0.352 e. The first kappa shape index (κ1) is 21.6. The van der Waals surface area contributed by atoms with Gasteiger partial charge in [-0.25, -0.2) is 4.79 Å². The minimum Gasteiger partial charge on any atom is -0.487 e. The molecule has 0 aliphatic rings. The number of rotatable bonds is 7. The summed E-state index contributed by atoms with van der Waals surface area (Å²) in [5, 5.41) is 22.3. The minimum absolute atomic E-state index is 0.0288. The molecular weight excluding hydrogens is 500 g/mol. The zero-order valence-corrected chi connectivity index (χ0v) is 17.6. The number of nitro groups is 1. The highest BCUT2D eigenvalue weighted by Crippen LogP contribution is 2.36. The molecule has 8 nitrogen and oxygen atoms in total. The van der Waals surface area contributed by atoms with Gasteiger partial charge in [-0.3, -0.25) is 14.9 Å². The van der Waals surface area contributed by atoms with E-state index in [2.05, 4.69) is 37.2 Å². The molecule has 0 radical (unpaired) electrons. The standard InChI is InChI=1S/C18H14Br2N2O6/c1-10(23)21-16(18(24)25)8-12-6-14(19)17(15(20)7-12)28-9-11-3-2-4-13(5-11)22(26)27/h2-8H,9H2,1H3,(H,21,23)(H,24,25). The molecule has 0 fully saturated rings. The number of carboxylic acid groups (broad SMARTS) is 1. The summed E-state index contributed by atoms with van der Waals surface area (Å²) < 4.78 is 6.80. The van der Waals surface area contributed by atoms with Crippen LogP contribution in [-0.4, -0.2) is 21.9 Å². The van der Waals surface area contributed by atoms with Gasteiger partial charge in [-0.05, 0) is 61.2 Å². The second-order valence-corrected chi connectivity index (χ2v) is 7.28. The summed E-state index contributed by atoms with van der Waals surface area (Å²) in [5.41, 5.74) is 0.832. The number of nitro benzene ring substituents is 1. The normalized spacial score (nSPS) is 11.0. The molecule has 0 unspecified atom stereocenters. The molecule has 0 saturated carbocycles. The number of halogens is 2. The third-order valence-corrected chi connectivity index (χ3v) is 4.56. The number of amides is 1. The molecule has 0 heterocycles. The number of ether oxygens (including phenoxy) is 1. The second-order valence-electron chi connectivity index (χ2n) is 5.57. The average Bonchev–Trinajstić information content (AvgIpc) is 2.60. The largest absolute Gasteiger partial charge is 0.487 e. The van der Waals surface area contributed by atoms with E-state index in [1.165, 1.54) is 25.1 Å². The van der Waals surface area contributed by atoms with Crippen molar-refractivity contribution < 1.29 is 24.4 Å². The van der Waals surface area contributed by atoms with Crippen molar-refractivity contribution in [1.82, 2.24) is 5.32 Å². The van der Waals surface area contributed by atoms with Crippen LogP contribution in [0.4, 0.5) is 5.69 Å². The Hall–Kier alpha value is -2.72. The van der Waals surface area contributed by atoms with Crippen molar-refractivity contribution >= 4 is 55.5 Å². The van der Waals surface area contributed by atoms with E-state index < -0.39 is 16.8 Å². The molecule has 2 aromatic carbocycles. The lowest BCUT2D eigenvalue weighted by atomic mass is 10.1. The van der Waals surface area contributed by atoms with Crippen molar-refractivity contribution in [1.29, 1.82) is 0 Å². The molecule has 0 saturated heterocycles. The van der Waals surface area contributed by atoms with E-state index in [0.717, 1.165) is 0 Å². The third kappa shape index (κ3) is 5.89. The highest BCUT2D eigenvalue weighted by atomic mass is 79.9. The van der Waals surface area contributed by atoms with E-state index in [1.807, 2.05) is 0 Å². The fraction of sp³-hybridized carbons (Fsp3) is 0.111. The number of carbonyl (C=O) groups is 2. The third-order valence-electron chi connectivity index (χ3n) is 3.38. The van der Waals surface area contributed by atoms with Gasteiger partial charge < -0.3 is 15.2 Å². The van der Waals surface area contributed by atoms with Crippen LogP contribution in [0.25, 0.3) is 6.08 Å². The van der Waals surface area contributed by atoms with Crippen LogP contribution in [0.1, 0.15) is 18.1 Å². The van der Waals surface area contributed by atoms with Gasteiger partial charge in [-0.15, -0.1) is 0 Å². The molecule has 0 aliphatic carbocycles. The molecule has 0 atom stereocenters. The van der Waals surface area contributed by atoms with Crippen LogP contribution in [0.3, 0.4) is 0 Å². The highest BCUT2D eigenvalue weighted by Gasteiger charge is 2.13. The summed E-state index contributed by atoms with van der Waals surface area (Å²) in [4.78, 5) is 32.7. The van der Waals surface area contributed by atoms with Gasteiger partial charge in [0.15, 0.2) is 0 Å². The lowest BCUT2D eigenvalue weighted by Gasteiger charge is -2.12. The topological polar surface area (TPSA) is 119 Å². The summed E-state index contributed by atoms with van der Waals surface area (Å²) in [6, 6.07) is 9.34. The van der Waals surface area contributed by atoms with Gasteiger partial charge in [-0.2, -0.15) is 0 Å². The SMILES string of the molecule is CC(=O)NC(=Cc1cc(Br)c(OCc2cccc([N+](=O)[O-])c2)c(Br)c1)C(=O)O. The molecule has 2 aromatic rings. The van der Waals surface area contributed by atoms with Crippen molar-refractivity contribution in [2.45, 2.75) is 13.5 Å². The number of benzene rings is 2. The van der Waals surface area contributed by atoms with E-state index in [9.17, 15) is 19.7 Å². The van der Waals surface area contributed by atoms with E-state index in [0.29, 0.717) is 25.8 Å². The Morgan fingerprint density at radius 2 is 1.89 bits per heavy atom. The molecule has 1 amide bonds. The zero-order chi connectivity index (χ0) is 20.8. The fourth-order valence-electron chi connectivity index (χ4n) is 2.22. The molecule has 0 aromatic heterocycles. The molecule has 2 rings (SSSR count). The van der Waals surface area contributed by atoms with E-state index in [4.69, 9.17) is 9.84 Å². The quantitative estimate of drug-likeness (QED) is 0.324. The average molecular weight is 514 g/mol. The van der Waals surface area contributed by atoms with Crippen LogP contribution < -0.4 is 10.1 Å². The van der Waals surface area contributed by atoms with Gasteiger partial charge in [0.2, 0.25) is 5.91 Å². The lowest BCUT2D eigenvalue weighted by molar-refractivity contribution is -0.384. The zero-order valence-electron chi connectivity index (χ0n) is 14.4. The van der Waals surface area contributed by atoms with Crippen molar-refractivity contribution in [2.75, 3.05) is 0 Å². The number of aliphatic carboxylic acids is 1. The molecular formula is C18H14Br2N2O6. The maximum absolute atomic E-state index is 11.2. The number of nitrogens with one attached hydrogen (secondary N) is 1. The van der Waals surface area contributed by atoms with Crippen molar-refractivity contribution in [3.05, 3.63) is 72.3 Å². The number of nitrogens with zero attached hydrogens (tertiary/aromatic N) is 1. The summed E-state index contributed by atoms with van der Waals surface area (Å²) in [7, 11) is 0. The van der Waals surface area contributed by atoms with Crippen molar-refractivity contribution in [3.63, 3.8) is 0 Å². The Morgan fingerprint density at radius 1 is 1.25 bits per heavy atom. The Labute approximate surface area is 176 Å². The second kappa shape index (κ2) is 9.47. The first-order chi connectivity index (χ1) is 13.2. The van der Waals surface area contributed by atoms with Crippen LogP contribution in [0.2, 0.25) is 0 Å². The van der Waals surface area contributed by atoms with E-state index >= 15 is 0 Å². The highest BCUT2D eigenvalue weighted by molar-refractivity contribution is 9.11. The number of hydrogen-bond donors (Lipinski definition) is 2. The Balaban J connectivity index is 2.24. The predicted molar refractivity (Wildman–Crippen MR) is 109 cm³/mol. The number of hydrogen-bond acceptors (Lipinski definition) is 5. The maximum atomic E-state index is 11.2. The van der Waals surface area contributed by atoms with Gasteiger partial charge in [-0.1, -0.05) is 12.1 Å². The Kier molecular flexibility index (Phi) is 7.30. The molecule has 2 N–H and O–H groups in total. The molecule has 10 heteroatoms. The van der Waals surface area contributed by atoms with Crippen LogP contribution in [-0.2, 0) is 16.2 Å². The summed E-state index contributed by atoms with van der Waals surface area (Å²) >= 11 is 6.72. The molecule has 0 aliphatic heterocycles. The fourth-order valence-corrected chi connectivity index (χ4v) is 3.67. The van der Waals surface area contributed by atoms with Gasteiger partial charge in [0, 0.05) is 19.1 Å². The van der Waals surface area contributed by atoms with E-state index in [-0.39, 0.29) is 18.0 Å². The number of carbonyl (C=O) groups excluding carboxylic acids is 1. The van der Waals surface area contributed by atoms with Crippen LogP contribution in [0, 0.1) is 10.1 Å². The Bertz CT molecular complexity index is 951. The lowest BCUT2D eigenvalue weighted by Crippen LogP contribution is -2.24. The van der Waals surface area contributed by atoms with Crippen molar-refractivity contribution in [3.8, 4) is 5.75 Å².